The molecule has 188 valence electrons. The Hall–Kier alpha value is -3.03. The lowest BCUT2D eigenvalue weighted by atomic mass is 10.2. The lowest BCUT2D eigenvalue weighted by Gasteiger charge is -2.28. The zero-order chi connectivity index (χ0) is 25.2. The second-order valence-electron chi connectivity index (χ2n) is 7.58. The molecular weight excluding hydrogens is 515 g/mol. The van der Waals surface area contributed by atoms with Crippen LogP contribution in [0.15, 0.2) is 30.3 Å². The second kappa shape index (κ2) is 10.3. The zero-order valence-electron chi connectivity index (χ0n) is 18.0. The van der Waals surface area contributed by atoms with Crippen LogP contribution < -0.4 is 19.9 Å². The van der Waals surface area contributed by atoms with E-state index in [0.717, 1.165) is 16.2 Å². The van der Waals surface area contributed by atoms with Crippen LogP contribution in [0.3, 0.4) is 0 Å². The monoisotopic (exact) mass is 533 g/mol. The Balaban J connectivity index is 1.50. The predicted molar refractivity (Wildman–Crippen MR) is 120 cm³/mol. The minimum absolute atomic E-state index is 0.0182. The van der Waals surface area contributed by atoms with Gasteiger partial charge in [-0.2, -0.15) is 13.2 Å². The standard InChI is InChI=1S/C21H19ClF3N3O6S/c22-17-4-3-16(35-17)19(30)26-8-13-9-28(20(31)34-13)14-2-1-12(27-5-6-32-10-18(27)29)7-15(14)33-11-21(23,24)25/h1-4,7,13H,5-6,8-11H2,(H,26,30). The van der Waals surface area contributed by atoms with E-state index in [2.05, 4.69) is 5.32 Å². The maximum absolute atomic E-state index is 12.9. The quantitative estimate of drug-likeness (QED) is 0.585. The van der Waals surface area contributed by atoms with E-state index >= 15 is 0 Å². The van der Waals surface area contributed by atoms with Crippen LogP contribution >= 0.6 is 22.9 Å². The molecule has 9 nitrogen and oxygen atoms in total. The Kier molecular flexibility index (Phi) is 7.38. The first-order valence-electron chi connectivity index (χ1n) is 10.3. The summed E-state index contributed by atoms with van der Waals surface area (Å²) in [5, 5.41) is 2.64. The molecule has 0 saturated carbocycles. The summed E-state index contributed by atoms with van der Waals surface area (Å²) in [6.45, 7) is -1.30. The highest BCUT2D eigenvalue weighted by Gasteiger charge is 2.36. The molecule has 2 aromatic rings. The molecule has 2 aliphatic heterocycles. The Morgan fingerprint density at radius 1 is 1.23 bits per heavy atom. The fraction of sp³-hybridized carbons (Fsp3) is 0.381. The Bertz CT molecular complexity index is 1130. The van der Waals surface area contributed by atoms with E-state index in [1.165, 1.54) is 23.1 Å². The van der Waals surface area contributed by atoms with Crippen LogP contribution in [-0.4, -0.2) is 69.6 Å². The lowest BCUT2D eigenvalue weighted by Crippen LogP contribution is -2.41. The number of cyclic esters (lactones) is 1. The molecule has 2 aliphatic rings. The summed E-state index contributed by atoms with van der Waals surface area (Å²) < 4.78 is 54.4. The number of carbonyl (C=O) groups is 3. The van der Waals surface area contributed by atoms with Crippen LogP contribution in [0, 0.1) is 0 Å². The molecule has 0 bridgehead atoms. The molecule has 3 amide bonds. The Morgan fingerprint density at radius 3 is 2.71 bits per heavy atom. The van der Waals surface area contributed by atoms with E-state index in [-0.39, 0.29) is 50.2 Å². The summed E-state index contributed by atoms with van der Waals surface area (Å²) in [5.74, 6) is -0.992. The number of halogens is 4. The molecule has 3 heterocycles. The van der Waals surface area contributed by atoms with Crippen molar-refractivity contribution >= 4 is 52.2 Å². The molecule has 35 heavy (non-hydrogen) atoms. The molecule has 0 radical (unpaired) electrons. The normalized spacial score (nSPS) is 18.6. The Morgan fingerprint density at radius 2 is 2.03 bits per heavy atom. The van der Waals surface area contributed by atoms with E-state index in [1.54, 1.807) is 12.1 Å². The summed E-state index contributed by atoms with van der Waals surface area (Å²) >= 11 is 6.92. The van der Waals surface area contributed by atoms with Crippen molar-refractivity contribution in [1.29, 1.82) is 0 Å². The molecule has 2 saturated heterocycles. The molecule has 1 N–H and O–H groups in total. The largest absolute Gasteiger partial charge is 0.482 e. The summed E-state index contributed by atoms with van der Waals surface area (Å²) in [7, 11) is 0. The number of carbonyl (C=O) groups excluding carboxylic acids is 3. The van der Waals surface area contributed by atoms with E-state index in [1.807, 2.05) is 0 Å². The SMILES string of the molecule is O=C(NCC1CN(c2ccc(N3CCOCC3=O)cc2OCC(F)(F)F)C(=O)O1)c1ccc(Cl)s1. The minimum atomic E-state index is -4.62. The van der Waals surface area contributed by atoms with Gasteiger partial charge in [0.25, 0.3) is 11.8 Å². The molecule has 1 aromatic carbocycles. The lowest BCUT2D eigenvalue weighted by molar-refractivity contribution is -0.153. The molecule has 2 fully saturated rings. The average molecular weight is 534 g/mol. The zero-order valence-corrected chi connectivity index (χ0v) is 19.5. The minimum Gasteiger partial charge on any atom is -0.482 e. The number of anilines is 2. The van der Waals surface area contributed by atoms with Crippen LogP contribution in [0.2, 0.25) is 4.34 Å². The van der Waals surface area contributed by atoms with Crippen molar-refractivity contribution in [3.8, 4) is 5.75 Å². The Labute approximate surface area is 206 Å². The van der Waals surface area contributed by atoms with Crippen LogP contribution in [-0.2, 0) is 14.3 Å². The van der Waals surface area contributed by atoms with E-state index in [0.29, 0.717) is 14.9 Å². The number of amides is 3. The molecule has 0 aliphatic carbocycles. The third kappa shape index (κ3) is 6.16. The maximum Gasteiger partial charge on any atom is 0.422 e. The van der Waals surface area contributed by atoms with Crippen molar-refractivity contribution in [2.75, 3.05) is 49.3 Å². The number of alkyl halides is 3. The fourth-order valence-electron chi connectivity index (χ4n) is 3.51. The third-order valence-corrected chi connectivity index (χ3v) is 6.31. The summed E-state index contributed by atoms with van der Waals surface area (Å²) in [4.78, 5) is 39.7. The second-order valence-corrected chi connectivity index (χ2v) is 9.30. The third-order valence-electron chi connectivity index (χ3n) is 5.08. The number of benzene rings is 1. The topological polar surface area (TPSA) is 97.4 Å². The van der Waals surface area contributed by atoms with Gasteiger partial charge < -0.3 is 24.4 Å². The number of rotatable bonds is 7. The van der Waals surface area contributed by atoms with Crippen molar-refractivity contribution in [3.05, 3.63) is 39.5 Å². The van der Waals surface area contributed by atoms with Gasteiger partial charge in [-0.05, 0) is 24.3 Å². The highest BCUT2D eigenvalue weighted by Crippen LogP contribution is 2.36. The van der Waals surface area contributed by atoms with Gasteiger partial charge in [-0.1, -0.05) is 11.6 Å². The van der Waals surface area contributed by atoms with Gasteiger partial charge in [0, 0.05) is 18.3 Å². The molecular formula is C21H19ClF3N3O6S. The van der Waals surface area contributed by atoms with Crippen LogP contribution in [0.5, 0.6) is 5.75 Å². The van der Waals surface area contributed by atoms with Gasteiger partial charge >= 0.3 is 12.3 Å². The molecule has 0 spiro atoms. The number of thiophene rings is 1. The number of morpholine rings is 1. The first kappa shape index (κ1) is 25.1. The number of hydrogen-bond acceptors (Lipinski definition) is 7. The van der Waals surface area contributed by atoms with E-state index in [9.17, 15) is 27.6 Å². The van der Waals surface area contributed by atoms with Crippen molar-refractivity contribution in [2.24, 2.45) is 0 Å². The van der Waals surface area contributed by atoms with Gasteiger partial charge in [-0.15, -0.1) is 11.3 Å². The molecule has 14 heteroatoms. The first-order chi connectivity index (χ1) is 16.6. The van der Waals surface area contributed by atoms with Crippen molar-refractivity contribution in [1.82, 2.24) is 5.32 Å². The van der Waals surface area contributed by atoms with Crippen molar-refractivity contribution in [2.45, 2.75) is 12.3 Å². The smallest absolute Gasteiger partial charge is 0.422 e. The molecule has 1 unspecified atom stereocenters. The van der Waals surface area contributed by atoms with Gasteiger partial charge in [0.05, 0.1) is 34.6 Å². The number of nitrogens with zero attached hydrogens (tertiary/aromatic N) is 2. The van der Waals surface area contributed by atoms with Gasteiger partial charge in [0.15, 0.2) is 6.61 Å². The van der Waals surface area contributed by atoms with Gasteiger partial charge in [0.1, 0.15) is 18.5 Å². The number of hydrogen-bond donors (Lipinski definition) is 1. The number of ether oxygens (including phenoxy) is 3. The maximum atomic E-state index is 12.9. The van der Waals surface area contributed by atoms with Gasteiger partial charge in [0.2, 0.25) is 0 Å². The first-order valence-corrected chi connectivity index (χ1v) is 11.5. The fourth-order valence-corrected chi connectivity index (χ4v) is 4.47. The summed E-state index contributed by atoms with van der Waals surface area (Å²) in [6, 6.07) is 7.30. The van der Waals surface area contributed by atoms with E-state index in [4.69, 9.17) is 25.8 Å². The van der Waals surface area contributed by atoms with Crippen LogP contribution in [0.4, 0.5) is 29.3 Å². The molecule has 1 atom stereocenters. The van der Waals surface area contributed by atoms with E-state index < -0.39 is 30.9 Å². The summed E-state index contributed by atoms with van der Waals surface area (Å²) in [5.41, 5.74) is 0.354. The van der Waals surface area contributed by atoms with Gasteiger partial charge in [-0.25, -0.2) is 4.79 Å². The highest BCUT2D eigenvalue weighted by molar-refractivity contribution is 7.18. The average Bonchev–Trinajstić information content (AvgIpc) is 3.41. The molecule has 4 rings (SSSR count). The van der Waals surface area contributed by atoms with Crippen LogP contribution in [0.25, 0.3) is 0 Å². The predicted octanol–water partition coefficient (Wildman–Crippen LogP) is 3.46. The molecule has 1 aromatic heterocycles. The van der Waals surface area contributed by atoms with Crippen molar-refractivity contribution < 1.29 is 41.8 Å². The van der Waals surface area contributed by atoms with Crippen molar-refractivity contribution in [3.63, 3.8) is 0 Å². The number of nitrogens with one attached hydrogen (secondary N) is 1. The summed E-state index contributed by atoms with van der Waals surface area (Å²) in [6.07, 6.45) is -6.18. The van der Waals surface area contributed by atoms with Gasteiger partial charge in [-0.3, -0.25) is 14.5 Å². The highest BCUT2D eigenvalue weighted by atomic mass is 35.5. The van der Waals surface area contributed by atoms with Crippen LogP contribution in [0.1, 0.15) is 9.67 Å².